The van der Waals surface area contributed by atoms with Crippen molar-refractivity contribution in [1.82, 2.24) is 5.32 Å². The molecule has 1 N–H and O–H groups in total. The highest BCUT2D eigenvalue weighted by Crippen LogP contribution is 2.14. The molecule has 96 valence electrons. The molecule has 3 heteroatoms. The van der Waals surface area contributed by atoms with E-state index in [0.29, 0.717) is 0 Å². The Balaban J connectivity index is 1.75. The number of hydrogen-bond acceptors (Lipinski definition) is 3. The summed E-state index contributed by atoms with van der Waals surface area (Å²) < 4.78 is 5.73. The van der Waals surface area contributed by atoms with Crippen molar-refractivity contribution in [1.29, 1.82) is 0 Å². The standard InChI is InChI=1S/C15H19NOS/c1-2-16-12-13-5-7-14(8-6-13)17-10-9-15-4-3-11-18-15/h3-8,11,16H,2,9-10,12H2,1H3. The molecular weight excluding hydrogens is 242 g/mol. The Morgan fingerprint density at radius 3 is 2.67 bits per heavy atom. The SMILES string of the molecule is CCNCc1ccc(OCCc2cccs2)cc1. The number of hydrogen-bond donors (Lipinski definition) is 1. The summed E-state index contributed by atoms with van der Waals surface area (Å²) in [4.78, 5) is 1.37. The number of rotatable bonds is 7. The molecule has 1 aromatic carbocycles. The van der Waals surface area contributed by atoms with Gasteiger partial charge in [0.25, 0.3) is 0 Å². The molecule has 1 heterocycles. The highest BCUT2D eigenvalue weighted by Gasteiger charge is 1.97. The van der Waals surface area contributed by atoms with Crippen molar-refractivity contribution in [3.63, 3.8) is 0 Å². The van der Waals surface area contributed by atoms with Gasteiger partial charge < -0.3 is 10.1 Å². The molecule has 1 aromatic heterocycles. The van der Waals surface area contributed by atoms with Crippen molar-refractivity contribution in [3.8, 4) is 5.75 Å². The largest absolute Gasteiger partial charge is 0.493 e. The second kappa shape index (κ2) is 7.19. The van der Waals surface area contributed by atoms with Crippen molar-refractivity contribution < 1.29 is 4.74 Å². The van der Waals surface area contributed by atoms with Crippen molar-refractivity contribution in [2.75, 3.05) is 13.2 Å². The van der Waals surface area contributed by atoms with E-state index < -0.39 is 0 Å². The zero-order chi connectivity index (χ0) is 12.6. The Morgan fingerprint density at radius 2 is 2.00 bits per heavy atom. The van der Waals surface area contributed by atoms with Crippen LogP contribution < -0.4 is 10.1 Å². The van der Waals surface area contributed by atoms with E-state index in [1.807, 2.05) is 12.1 Å². The number of ether oxygens (including phenoxy) is 1. The predicted molar refractivity (Wildman–Crippen MR) is 77.3 cm³/mol. The molecular formula is C15H19NOS. The van der Waals surface area contributed by atoms with E-state index in [1.165, 1.54) is 10.4 Å². The first-order valence-corrected chi connectivity index (χ1v) is 7.21. The molecule has 0 saturated heterocycles. The summed E-state index contributed by atoms with van der Waals surface area (Å²) in [6.45, 7) is 4.78. The first-order chi connectivity index (χ1) is 8.88. The molecule has 18 heavy (non-hydrogen) atoms. The van der Waals surface area contributed by atoms with Crippen molar-refractivity contribution in [2.24, 2.45) is 0 Å². The molecule has 0 saturated carbocycles. The van der Waals surface area contributed by atoms with Crippen LogP contribution in [0.2, 0.25) is 0 Å². The maximum Gasteiger partial charge on any atom is 0.119 e. The molecule has 0 atom stereocenters. The summed E-state index contributed by atoms with van der Waals surface area (Å²) in [5.74, 6) is 0.951. The van der Waals surface area contributed by atoms with Crippen molar-refractivity contribution in [2.45, 2.75) is 19.9 Å². The van der Waals surface area contributed by atoms with Crippen LogP contribution in [0.1, 0.15) is 17.4 Å². The Morgan fingerprint density at radius 1 is 1.17 bits per heavy atom. The third-order valence-electron chi connectivity index (χ3n) is 2.70. The fourth-order valence-corrected chi connectivity index (χ4v) is 2.39. The lowest BCUT2D eigenvalue weighted by Gasteiger charge is -2.07. The van der Waals surface area contributed by atoms with Crippen LogP contribution in [-0.2, 0) is 13.0 Å². The second-order valence-electron chi connectivity index (χ2n) is 4.10. The van der Waals surface area contributed by atoms with E-state index in [9.17, 15) is 0 Å². The van der Waals surface area contributed by atoms with Crippen LogP contribution in [0, 0.1) is 0 Å². The Kier molecular flexibility index (Phi) is 5.24. The van der Waals surface area contributed by atoms with E-state index in [-0.39, 0.29) is 0 Å². The van der Waals surface area contributed by atoms with Crippen LogP contribution in [0.15, 0.2) is 41.8 Å². The normalized spacial score (nSPS) is 10.5. The number of thiophene rings is 1. The first kappa shape index (κ1) is 13.1. The zero-order valence-electron chi connectivity index (χ0n) is 10.7. The maximum absolute atomic E-state index is 5.73. The van der Waals surface area contributed by atoms with E-state index >= 15 is 0 Å². The van der Waals surface area contributed by atoms with Gasteiger partial charge in [0.1, 0.15) is 5.75 Å². The smallest absolute Gasteiger partial charge is 0.119 e. The molecule has 0 radical (unpaired) electrons. The van der Waals surface area contributed by atoms with Gasteiger partial charge in [-0.25, -0.2) is 0 Å². The molecule has 2 aromatic rings. The molecule has 2 rings (SSSR count). The van der Waals surface area contributed by atoms with E-state index in [4.69, 9.17) is 4.74 Å². The van der Waals surface area contributed by atoms with Gasteiger partial charge in [0, 0.05) is 17.8 Å². The van der Waals surface area contributed by atoms with Gasteiger partial charge in [-0.1, -0.05) is 25.1 Å². The maximum atomic E-state index is 5.73. The van der Waals surface area contributed by atoms with Crippen LogP contribution in [0.3, 0.4) is 0 Å². The van der Waals surface area contributed by atoms with Gasteiger partial charge in [-0.05, 0) is 35.7 Å². The Labute approximate surface area is 113 Å². The Hall–Kier alpha value is -1.32. The van der Waals surface area contributed by atoms with Gasteiger partial charge in [-0.15, -0.1) is 11.3 Å². The zero-order valence-corrected chi connectivity index (χ0v) is 11.5. The molecule has 0 fully saturated rings. The number of benzene rings is 1. The van der Waals surface area contributed by atoms with Gasteiger partial charge in [-0.2, -0.15) is 0 Å². The summed E-state index contributed by atoms with van der Waals surface area (Å²) in [5, 5.41) is 5.41. The lowest BCUT2D eigenvalue weighted by molar-refractivity contribution is 0.323. The number of nitrogens with one attached hydrogen (secondary N) is 1. The molecule has 0 aliphatic heterocycles. The summed E-state index contributed by atoms with van der Waals surface area (Å²) in [5.41, 5.74) is 1.29. The van der Waals surface area contributed by atoms with Crippen LogP contribution in [-0.4, -0.2) is 13.2 Å². The summed E-state index contributed by atoms with van der Waals surface area (Å²) in [6, 6.07) is 12.5. The molecule has 2 nitrogen and oxygen atoms in total. The van der Waals surface area contributed by atoms with Crippen LogP contribution in [0.25, 0.3) is 0 Å². The highest BCUT2D eigenvalue weighted by molar-refractivity contribution is 7.09. The predicted octanol–water partition coefficient (Wildman–Crippen LogP) is 3.48. The molecule has 0 bridgehead atoms. The van der Waals surface area contributed by atoms with Gasteiger partial charge in [-0.3, -0.25) is 0 Å². The average Bonchev–Trinajstić information content (AvgIpc) is 2.91. The molecule has 0 unspecified atom stereocenters. The lowest BCUT2D eigenvalue weighted by atomic mass is 10.2. The van der Waals surface area contributed by atoms with Crippen molar-refractivity contribution >= 4 is 11.3 Å². The highest BCUT2D eigenvalue weighted by atomic mass is 32.1. The van der Waals surface area contributed by atoms with Crippen LogP contribution in [0.5, 0.6) is 5.75 Å². The third kappa shape index (κ3) is 4.17. The van der Waals surface area contributed by atoms with Gasteiger partial charge in [0.05, 0.1) is 6.61 Å². The Bertz CT molecular complexity index is 436. The van der Waals surface area contributed by atoms with Gasteiger partial charge >= 0.3 is 0 Å². The van der Waals surface area contributed by atoms with E-state index in [1.54, 1.807) is 11.3 Å². The quantitative estimate of drug-likeness (QED) is 0.824. The third-order valence-corrected chi connectivity index (χ3v) is 3.64. The van der Waals surface area contributed by atoms with E-state index in [0.717, 1.165) is 31.9 Å². The minimum Gasteiger partial charge on any atom is -0.493 e. The van der Waals surface area contributed by atoms with Crippen molar-refractivity contribution in [3.05, 3.63) is 52.2 Å². The first-order valence-electron chi connectivity index (χ1n) is 6.33. The van der Waals surface area contributed by atoms with Crippen LogP contribution >= 0.6 is 11.3 Å². The summed E-state index contributed by atoms with van der Waals surface area (Å²) >= 11 is 1.78. The fourth-order valence-electron chi connectivity index (χ4n) is 1.70. The molecule has 0 aliphatic carbocycles. The average molecular weight is 261 g/mol. The van der Waals surface area contributed by atoms with E-state index in [2.05, 4.69) is 41.9 Å². The monoisotopic (exact) mass is 261 g/mol. The molecule has 0 spiro atoms. The fraction of sp³-hybridized carbons (Fsp3) is 0.333. The summed E-state index contributed by atoms with van der Waals surface area (Å²) in [6.07, 6.45) is 0.983. The lowest BCUT2D eigenvalue weighted by Crippen LogP contribution is -2.11. The molecule has 0 amide bonds. The summed E-state index contributed by atoms with van der Waals surface area (Å²) in [7, 11) is 0. The minimum atomic E-state index is 0.743. The van der Waals surface area contributed by atoms with Crippen LogP contribution in [0.4, 0.5) is 0 Å². The molecule has 0 aliphatic rings. The topological polar surface area (TPSA) is 21.3 Å². The van der Waals surface area contributed by atoms with Gasteiger partial charge in [0.15, 0.2) is 0 Å². The minimum absolute atomic E-state index is 0.743. The second-order valence-corrected chi connectivity index (χ2v) is 5.13. The van der Waals surface area contributed by atoms with Gasteiger partial charge in [0.2, 0.25) is 0 Å².